The number of allylic oxidation sites excluding steroid dienone is 2. The van der Waals surface area contributed by atoms with Gasteiger partial charge >= 0.3 is 0 Å². The van der Waals surface area contributed by atoms with E-state index in [0.29, 0.717) is 50.4 Å². The zero-order valence-electron chi connectivity index (χ0n) is 18.2. The molecule has 2 aliphatic rings. The summed E-state index contributed by atoms with van der Waals surface area (Å²) in [6.45, 7) is 4.34. The van der Waals surface area contributed by atoms with E-state index in [2.05, 4.69) is 10.0 Å². The molecule has 3 rings (SSSR count). The average molecular weight is 449 g/mol. The Bertz CT molecular complexity index is 935. The smallest absolute Gasteiger partial charge is 0.241 e. The fraction of sp³-hybridized carbons (Fsp3) is 0.565. The van der Waals surface area contributed by atoms with E-state index in [0.717, 1.165) is 0 Å². The molecule has 1 unspecified atom stereocenters. The van der Waals surface area contributed by atoms with Crippen molar-refractivity contribution in [3.05, 3.63) is 36.4 Å². The summed E-state index contributed by atoms with van der Waals surface area (Å²) in [5, 5.41) is 2.36. The summed E-state index contributed by atoms with van der Waals surface area (Å²) in [6, 6.07) is 6.62. The highest BCUT2D eigenvalue weighted by Gasteiger charge is 2.27. The number of imide groups is 1. The molecule has 1 saturated heterocycles. The zero-order chi connectivity index (χ0) is 22.5. The molecule has 1 aromatic rings. The fourth-order valence-electron chi connectivity index (χ4n) is 3.49. The van der Waals surface area contributed by atoms with Crippen molar-refractivity contribution in [2.75, 3.05) is 6.61 Å². The van der Waals surface area contributed by atoms with E-state index in [1.165, 1.54) is 12.8 Å². The van der Waals surface area contributed by atoms with Gasteiger partial charge in [0.25, 0.3) is 0 Å². The SMILES string of the molecule is CC(C)(CCC=CCC1CCC(=O)NC1=O)NS(=O)(=O)c1cccc(OCC2CC2)c1. The number of rotatable bonds is 11. The number of ether oxygens (including phenoxy) is 1. The Kier molecular flexibility index (Phi) is 7.54. The van der Waals surface area contributed by atoms with E-state index < -0.39 is 15.6 Å². The van der Waals surface area contributed by atoms with E-state index in [4.69, 9.17) is 4.74 Å². The van der Waals surface area contributed by atoms with E-state index >= 15 is 0 Å². The number of benzene rings is 1. The topological polar surface area (TPSA) is 102 Å². The molecular weight excluding hydrogens is 416 g/mol. The van der Waals surface area contributed by atoms with Crippen LogP contribution in [0.1, 0.15) is 58.8 Å². The van der Waals surface area contributed by atoms with Gasteiger partial charge in [-0.05, 0) is 70.4 Å². The van der Waals surface area contributed by atoms with E-state index in [-0.39, 0.29) is 22.6 Å². The van der Waals surface area contributed by atoms with Crippen molar-refractivity contribution in [3.63, 3.8) is 0 Å². The van der Waals surface area contributed by atoms with E-state index in [9.17, 15) is 18.0 Å². The Labute approximate surface area is 184 Å². The number of carbonyl (C=O) groups is 2. The van der Waals surface area contributed by atoms with Crippen LogP contribution in [0.3, 0.4) is 0 Å². The molecule has 2 N–H and O–H groups in total. The molecule has 2 amide bonds. The Morgan fingerprint density at radius 2 is 1.97 bits per heavy atom. The summed E-state index contributed by atoms with van der Waals surface area (Å²) in [5.41, 5.74) is -0.636. The fourth-order valence-corrected chi connectivity index (χ4v) is 4.97. The van der Waals surface area contributed by atoms with Gasteiger partial charge in [-0.25, -0.2) is 13.1 Å². The maximum absolute atomic E-state index is 12.9. The molecule has 1 aliphatic heterocycles. The predicted molar refractivity (Wildman–Crippen MR) is 118 cm³/mol. The molecule has 1 atom stereocenters. The van der Waals surface area contributed by atoms with E-state index in [1.54, 1.807) is 24.3 Å². The van der Waals surface area contributed by atoms with Gasteiger partial charge in [-0.15, -0.1) is 0 Å². The number of nitrogens with one attached hydrogen (secondary N) is 2. The zero-order valence-corrected chi connectivity index (χ0v) is 19.0. The highest BCUT2D eigenvalue weighted by molar-refractivity contribution is 7.89. The monoisotopic (exact) mass is 448 g/mol. The minimum absolute atomic E-state index is 0.171. The number of sulfonamides is 1. The van der Waals surface area contributed by atoms with Crippen molar-refractivity contribution in [2.24, 2.45) is 11.8 Å². The first kappa shape index (κ1) is 23.5. The summed E-state index contributed by atoms with van der Waals surface area (Å²) >= 11 is 0. The second kappa shape index (κ2) is 9.96. The second-order valence-electron chi connectivity index (χ2n) is 9.11. The lowest BCUT2D eigenvalue weighted by molar-refractivity contribution is -0.136. The summed E-state index contributed by atoms with van der Waals surface area (Å²) in [5.74, 6) is 0.579. The third-order valence-corrected chi connectivity index (χ3v) is 7.28. The number of hydrogen-bond donors (Lipinski definition) is 2. The highest BCUT2D eigenvalue weighted by atomic mass is 32.2. The molecular formula is C23H32N2O5S. The van der Waals surface area contributed by atoms with Gasteiger partial charge in [-0.1, -0.05) is 18.2 Å². The summed E-state index contributed by atoms with van der Waals surface area (Å²) in [6.07, 6.45) is 9.07. The van der Waals surface area contributed by atoms with Crippen LogP contribution in [0.25, 0.3) is 0 Å². The maximum atomic E-state index is 12.9. The normalized spacial score (nSPS) is 20.1. The third-order valence-electron chi connectivity index (χ3n) is 5.59. The molecule has 31 heavy (non-hydrogen) atoms. The van der Waals surface area contributed by atoms with Crippen LogP contribution < -0.4 is 14.8 Å². The molecule has 0 aromatic heterocycles. The highest BCUT2D eigenvalue weighted by Crippen LogP contribution is 2.30. The second-order valence-corrected chi connectivity index (χ2v) is 10.8. The first-order valence-corrected chi connectivity index (χ1v) is 12.4. The minimum atomic E-state index is -3.67. The van der Waals surface area contributed by atoms with Crippen molar-refractivity contribution < 1.29 is 22.7 Å². The Morgan fingerprint density at radius 1 is 1.19 bits per heavy atom. The Balaban J connectivity index is 1.48. The summed E-state index contributed by atoms with van der Waals surface area (Å²) < 4.78 is 34.2. The van der Waals surface area contributed by atoms with Crippen LogP contribution in [0.2, 0.25) is 0 Å². The average Bonchev–Trinajstić information content (AvgIpc) is 3.51. The largest absolute Gasteiger partial charge is 0.493 e. The van der Waals surface area contributed by atoms with Crippen LogP contribution in [0.5, 0.6) is 5.75 Å². The molecule has 170 valence electrons. The number of hydrogen-bond acceptors (Lipinski definition) is 5. The van der Waals surface area contributed by atoms with Gasteiger partial charge in [0.1, 0.15) is 5.75 Å². The van der Waals surface area contributed by atoms with Crippen molar-refractivity contribution in [1.29, 1.82) is 0 Å². The molecule has 2 fully saturated rings. The Hall–Kier alpha value is -2.19. The lowest BCUT2D eigenvalue weighted by Crippen LogP contribution is -2.43. The van der Waals surface area contributed by atoms with Crippen LogP contribution in [-0.4, -0.2) is 32.4 Å². The molecule has 1 aromatic carbocycles. The molecule has 8 heteroatoms. The number of amides is 2. The Morgan fingerprint density at radius 3 is 2.68 bits per heavy atom. The van der Waals surface area contributed by atoms with E-state index in [1.807, 2.05) is 26.0 Å². The van der Waals surface area contributed by atoms with Crippen LogP contribution in [0.15, 0.2) is 41.3 Å². The predicted octanol–water partition coefficient (Wildman–Crippen LogP) is 3.31. The van der Waals surface area contributed by atoms with Crippen molar-refractivity contribution in [1.82, 2.24) is 10.0 Å². The van der Waals surface area contributed by atoms with Crippen molar-refractivity contribution in [2.45, 2.75) is 69.2 Å². The first-order valence-electron chi connectivity index (χ1n) is 10.9. The van der Waals surface area contributed by atoms with Gasteiger partial charge in [0, 0.05) is 23.9 Å². The maximum Gasteiger partial charge on any atom is 0.241 e. The van der Waals surface area contributed by atoms with Gasteiger partial charge in [0.2, 0.25) is 21.8 Å². The van der Waals surface area contributed by atoms with Gasteiger partial charge in [0.05, 0.1) is 11.5 Å². The molecule has 1 aliphatic carbocycles. The quantitative estimate of drug-likeness (QED) is 0.399. The summed E-state index contributed by atoms with van der Waals surface area (Å²) in [4.78, 5) is 23.2. The van der Waals surface area contributed by atoms with Crippen molar-refractivity contribution in [3.8, 4) is 5.75 Å². The van der Waals surface area contributed by atoms with Crippen LogP contribution in [-0.2, 0) is 19.6 Å². The first-order chi connectivity index (χ1) is 14.6. The number of carbonyl (C=O) groups excluding carboxylic acids is 2. The van der Waals surface area contributed by atoms with Gasteiger partial charge in [-0.3, -0.25) is 14.9 Å². The van der Waals surface area contributed by atoms with Crippen molar-refractivity contribution >= 4 is 21.8 Å². The number of piperidine rings is 1. The van der Waals surface area contributed by atoms with Crippen LogP contribution in [0.4, 0.5) is 0 Å². The molecule has 0 spiro atoms. The molecule has 1 saturated carbocycles. The molecule has 0 radical (unpaired) electrons. The van der Waals surface area contributed by atoms with Gasteiger partial charge in [-0.2, -0.15) is 0 Å². The van der Waals surface area contributed by atoms with Gasteiger partial charge in [0.15, 0.2) is 0 Å². The van der Waals surface area contributed by atoms with Gasteiger partial charge < -0.3 is 4.74 Å². The van der Waals surface area contributed by atoms with Crippen LogP contribution >= 0.6 is 0 Å². The lowest BCUT2D eigenvalue weighted by Gasteiger charge is -2.25. The molecule has 7 nitrogen and oxygen atoms in total. The molecule has 1 heterocycles. The summed E-state index contributed by atoms with van der Waals surface area (Å²) in [7, 11) is -3.67. The lowest BCUT2D eigenvalue weighted by atomic mass is 9.94. The van der Waals surface area contributed by atoms with Crippen LogP contribution in [0, 0.1) is 11.8 Å². The molecule has 0 bridgehead atoms. The standard InChI is InChI=1S/C23H32N2O5S/c1-23(2,14-5-3-4-7-18-12-13-21(26)24-22(18)27)25-31(28,29)20-9-6-8-19(15-20)30-16-17-10-11-17/h3-4,6,8-9,15,17-18,25H,5,7,10-14,16H2,1-2H3,(H,24,26,27). The third kappa shape index (κ3) is 7.47. The minimum Gasteiger partial charge on any atom is -0.493 e.